The monoisotopic (exact) mass is 375 g/mol. The zero-order valence-electron chi connectivity index (χ0n) is 15.1. The van der Waals surface area contributed by atoms with Crippen LogP contribution in [0, 0.1) is 5.82 Å². The van der Waals surface area contributed by atoms with Gasteiger partial charge >= 0.3 is 0 Å². The fourth-order valence-electron chi connectivity index (χ4n) is 3.80. The van der Waals surface area contributed by atoms with Crippen molar-refractivity contribution in [2.24, 2.45) is 4.99 Å². The number of H-pyrrole nitrogens is 1. The van der Waals surface area contributed by atoms with Gasteiger partial charge in [-0.05, 0) is 39.7 Å². The molecule has 0 spiro atoms. The first kappa shape index (κ1) is 17.5. The molecular weight excluding hydrogens is 353 g/mol. The average Bonchev–Trinajstić information content (AvgIpc) is 2.90. The van der Waals surface area contributed by atoms with E-state index in [9.17, 15) is 9.18 Å². The predicted molar refractivity (Wildman–Crippen MR) is 102 cm³/mol. The van der Waals surface area contributed by atoms with E-state index in [0.29, 0.717) is 23.6 Å². The largest absolute Gasteiger partial charge is 0.375 e. The lowest BCUT2D eigenvalue weighted by atomic mass is 9.94. The van der Waals surface area contributed by atoms with E-state index >= 15 is 0 Å². The summed E-state index contributed by atoms with van der Waals surface area (Å²) >= 11 is 1.42. The van der Waals surface area contributed by atoms with Crippen LogP contribution in [0.1, 0.15) is 56.0 Å². The third kappa shape index (κ3) is 3.03. The van der Waals surface area contributed by atoms with E-state index in [4.69, 9.17) is 4.74 Å². The van der Waals surface area contributed by atoms with Crippen molar-refractivity contribution < 1.29 is 9.13 Å². The molecule has 2 atom stereocenters. The molecule has 1 saturated heterocycles. The van der Waals surface area contributed by atoms with Gasteiger partial charge in [-0.3, -0.25) is 14.6 Å². The van der Waals surface area contributed by atoms with Gasteiger partial charge < -0.3 is 4.74 Å². The minimum absolute atomic E-state index is 0.108. The number of halogens is 1. The first-order valence-corrected chi connectivity index (χ1v) is 9.68. The number of aromatic amines is 1. The molecule has 3 heterocycles. The number of fused-ring (bicyclic) bond motifs is 1. The van der Waals surface area contributed by atoms with Crippen LogP contribution in [0.5, 0.6) is 0 Å². The number of nitrogens with zero attached hydrogens (tertiary/aromatic N) is 2. The maximum absolute atomic E-state index is 14.4. The molecule has 0 saturated carbocycles. The number of aliphatic imine (C=N–C) groups is 1. The molecule has 1 aromatic heterocycles. The topological polar surface area (TPSA) is 59.4 Å². The van der Waals surface area contributed by atoms with E-state index in [-0.39, 0.29) is 28.3 Å². The van der Waals surface area contributed by atoms with Crippen LogP contribution in [0.15, 0.2) is 34.1 Å². The number of hydrogen-bond acceptors (Lipinski definition) is 4. The van der Waals surface area contributed by atoms with E-state index in [0.717, 1.165) is 17.9 Å². The molecule has 4 rings (SSSR count). The highest BCUT2D eigenvalue weighted by atomic mass is 32.2. The smallest absolute Gasteiger partial charge is 0.271 e. The number of aromatic nitrogens is 2. The van der Waals surface area contributed by atoms with Crippen LogP contribution < -0.4 is 5.56 Å². The maximum Gasteiger partial charge on any atom is 0.271 e. The number of benzene rings is 1. The Labute approximate surface area is 155 Å². The average molecular weight is 375 g/mol. The van der Waals surface area contributed by atoms with Crippen LogP contribution in [0.4, 0.5) is 10.2 Å². The van der Waals surface area contributed by atoms with Crippen LogP contribution in [-0.4, -0.2) is 27.0 Å². The fourth-order valence-corrected chi connectivity index (χ4v) is 4.93. The summed E-state index contributed by atoms with van der Waals surface area (Å²) < 4.78 is 22.1. The molecule has 138 valence electrons. The minimum Gasteiger partial charge on any atom is -0.375 e. The van der Waals surface area contributed by atoms with Gasteiger partial charge in [0.05, 0.1) is 27.5 Å². The van der Waals surface area contributed by atoms with Gasteiger partial charge in [0.1, 0.15) is 5.82 Å². The van der Waals surface area contributed by atoms with Crippen LogP contribution in [0.25, 0.3) is 0 Å². The fraction of sp³-hybridized carbons (Fsp3) is 0.474. The molecule has 0 amide bonds. The molecular formula is C19H22FN3O2S. The van der Waals surface area contributed by atoms with Gasteiger partial charge in [-0.25, -0.2) is 9.38 Å². The van der Waals surface area contributed by atoms with Crippen molar-refractivity contribution in [3.63, 3.8) is 0 Å². The lowest BCUT2D eigenvalue weighted by Crippen LogP contribution is -2.35. The molecule has 1 aromatic carbocycles. The van der Waals surface area contributed by atoms with Crippen LogP contribution >= 0.6 is 11.8 Å². The Hall–Kier alpha value is -1.86. The highest BCUT2D eigenvalue weighted by Crippen LogP contribution is 2.46. The zero-order valence-corrected chi connectivity index (χ0v) is 15.9. The quantitative estimate of drug-likeness (QED) is 0.850. The van der Waals surface area contributed by atoms with Crippen LogP contribution in [0.3, 0.4) is 0 Å². The summed E-state index contributed by atoms with van der Waals surface area (Å²) in [5.41, 5.74) is 0.615. The van der Waals surface area contributed by atoms with Crippen molar-refractivity contribution in [3.8, 4) is 0 Å². The Morgan fingerprint density at radius 2 is 2.15 bits per heavy atom. The summed E-state index contributed by atoms with van der Waals surface area (Å²) in [5, 5.41) is 3.40. The summed E-state index contributed by atoms with van der Waals surface area (Å²) in [6, 6.07) is 6.74. The first-order chi connectivity index (χ1) is 12.4. The van der Waals surface area contributed by atoms with Gasteiger partial charge in [-0.2, -0.15) is 0 Å². The summed E-state index contributed by atoms with van der Waals surface area (Å²) in [7, 11) is 0. The minimum atomic E-state index is -0.387. The number of rotatable bonds is 2. The zero-order chi connectivity index (χ0) is 18.5. The standard InChI is InChI=1S/C19H22FN3O2S/c1-11-21-17-15(16(26-11)13-6-4-5-7-14(13)20)18(24)22-23(17)12-8-9-25-19(2,3)10-12/h4-7,12,16H,8-10H2,1-3H3,(H,22,24)/t12-,16+/m0/s1. The number of thioether (sulfide) groups is 1. The van der Waals surface area contributed by atoms with Crippen molar-refractivity contribution in [3.05, 3.63) is 51.6 Å². The number of hydrogen-bond donors (Lipinski definition) is 1. The lowest BCUT2D eigenvalue weighted by Gasteiger charge is -2.36. The molecule has 2 aromatic rings. The Morgan fingerprint density at radius 3 is 2.88 bits per heavy atom. The van der Waals surface area contributed by atoms with Crippen LogP contribution in [0.2, 0.25) is 0 Å². The van der Waals surface area contributed by atoms with Crippen molar-refractivity contribution in [2.45, 2.75) is 50.5 Å². The highest BCUT2D eigenvalue weighted by molar-refractivity contribution is 8.14. The van der Waals surface area contributed by atoms with E-state index in [2.05, 4.69) is 23.9 Å². The summed E-state index contributed by atoms with van der Waals surface area (Å²) in [5.74, 6) is 0.326. The highest BCUT2D eigenvalue weighted by Gasteiger charge is 2.36. The molecule has 1 fully saturated rings. The van der Waals surface area contributed by atoms with Gasteiger partial charge in [-0.1, -0.05) is 30.0 Å². The number of nitrogens with one attached hydrogen (secondary N) is 1. The normalized spacial score (nSPS) is 24.8. The van der Waals surface area contributed by atoms with Crippen LogP contribution in [-0.2, 0) is 4.74 Å². The molecule has 26 heavy (non-hydrogen) atoms. The summed E-state index contributed by atoms with van der Waals surface area (Å²) in [6.07, 6.45) is 1.60. The van der Waals surface area contributed by atoms with Crippen molar-refractivity contribution in [1.29, 1.82) is 0 Å². The summed E-state index contributed by atoms with van der Waals surface area (Å²) in [4.78, 5) is 17.4. The van der Waals surface area contributed by atoms with E-state index in [1.165, 1.54) is 17.8 Å². The molecule has 2 aliphatic heterocycles. The second-order valence-corrected chi connectivity index (χ2v) is 8.75. The van der Waals surface area contributed by atoms with Crippen molar-refractivity contribution in [2.75, 3.05) is 6.61 Å². The molecule has 2 aliphatic rings. The van der Waals surface area contributed by atoms with E-state index in [1.54, 1.807) is 18.2 Å². The Kier molecular flexibility index (Phi) is 4.31. The Morgan fingerprint density at radius 1 is 1.38 bits per heavy atom. The second kappa shape index (κ2) is 6.39. The van der Waals surface area contributed by atoms with Crippen molar-refractivity contribution in [1.82, 2.24) is 9.78 Å². The first-order valence-electron chi connectivity index (χ1n) is 8.80. The van der Waals surface area contributed by atoms with Gasteiger partial charge in [0.2, 0.25) is 0 Å². The predicted octanol–water partition coefficient (Wildman–Crippen LogP) is 4.33. The van der Waals surface area contributed by atoms with Gasteiger partial charge in [0.15, 0.2) is 5.82 Å². The van der Waals surface area contributed by atoms with Gasteiger partial charge in [0.25, 0.3) is 5.56 Å². The molecule has 0 unspecified atom stereocenters. The molecule has 7 heteroatoms. The van der Waals surface area contributed by atoms with E-state index in [1.807, 2.05) is 11.6 Å². The lowest BCUT2D eigenvalue weighted by molar-refractivity contribution is -0.0705. The third-order valence-electron chi connectivity index (χ3n) is 4.97. The van der Waals surface area contributed by atoms with Gasteiger partial charge in [-0.15, -0.1) is 0 Å². The van der Waals surface area contributed by atoms with Gasteiger partial charge in [0, 0.05) is 12.2 Å². The molecule has 0 aliphatic carbocycles. The number of ether oxygens (including phenoxy) is 1. The Bertz CT molecular complexity index is 931. The molecule has 1 N–H and O–H groups in total. The SMILES string of the molecule is CC1=Nc2c(c(=O)[nH]n2[C@H]2CCOC(C)(C)C2)[C@@H](c2ccccc2F)S1. The van der Waals surface area contributed by atoms with Crippen molar-refractivity contribution >= 4 is 22.6 Å². The molecule has 0 bridgehead atoms. The molecule has 0 radical (unpaired) electrons. The van der Waals surface area contributed by atoms with E-state index < -0.39 is 0 Å². The third-order valence-corrected chi connectivity index (χ3v) is 6.13. The second-order valence-electron chi connectivity index (χ2n) is 7.45. The summed E-state index contributed by atoms with van der Waals surface area (Å²) in [6.45, 7) is 6.65. The Balaban J connectivity index is 1.82. The molecule has 5 nitrogen and oxygen atoms in total. The maximum atomic E-state index is 14.4.